The van der Waals surface area contributed by atoms with E-state index in [0.29, 0.717) is 28.3 Å². The van der Waals surface area contributed by atoms with Gasteiger partial charge in [0.15, 0.2) is 0 Å². The summed E-state index contributed by atoms with van der Waals surface area (Å²) in [4.78, 5) is 0. The second-order valence-electron chi connectivity index (χ2n) is 4.43. The van der Waals surface area contributed by atoms with Crippen molar-refractivity contribution in [3.63, 3.8) is 0 Å². The van der Waals surface area contributed by atoms with Gasteiger partial charge in [0.05, 0.1) is 20.1 Å². The molecule has 0 amide bonds. The number of halogens is 5. The lowest BCUT2D eigenvalue weighted by atomic mass is 10.0. The molecule has 21 heavy (non-hydrogen) atoms. The van der Waals surface area contributed by atoms with Gasteiger partial charge in [0.1, 0.15) is 5.82 Å². The molecule has 2 rings (SSSR count). The van der Waals surface area contributed by atoms with Gasteiger partial charge in [-0.25, -0.2) is 4.39 Å². The Labute approximate surface area is 143 Å². The summed E-state index contributed by atoms with van der Waals surface area (Å²) in [6.07, 6.45) is 0. The zero-order chi connectivity index (χ0) is 15.6. The highest BCUT2D eigenvalue weighted by Crippen LogP contribution is 2.43. The first-order chi connectivity index (χ1) is 9.95. The van der Waals surface area contributed by atoms with E-state index in [9.17, 15) is 4.39 Å². The van der Waals surface area contributed by atoms with Gasteiger partial charge in [-0.2, -0.15) is 0 Å². The van der Waals surface area contributed by atoms with E-state index in [1.807, 2.05) is 6.92 Å². The monoisotopic (exact) mass is 365 g/mol. The summed E-state index contributed by atoms with van der Waals surface area (Å²) >= 11 is 24.3. The van der Waals surface area contributed by atoms with Gasteiger partial charge in [0, 0.05) is 17.7 Å². The Balaban J connectivity index is 2.48. The highest BCUT2D eigenvalue weighted by molar-refractivity contribution is 6.51. The predicted octanol–water partition coefficient (Wildman–Crippen LogP) is 6.22. The van der Waals surface area contributed by atoms with Crippen LogP contribution in [-0.4, -0.2) is 6.54 Å². The van der Waals surface area contributed by atoms with Crippen LogP contribution < -0.4 is 5.32 Å². The van der Waals surface area contributed by atoms with Crippen LogP contribution in [0, 0.1) is 5.82 Å². The minimum absolute atomic E-state index is 0.204. The molecular weight excluding hydrogens is 355 g/mol. The molecular formula is C15H12Cl4FN. The summed E-state index contributed by atoms with van der Waals surface area (Å²) < 4.78 is 14.1. The van der Waals surface area contributed by atoms with E-state index in [2.05, 4.69) is 5.32 Å². The molecule has 112 valence electrons. The lowest BCUT2D eigenvalue weighted by molar-refractivity contribution is 0.594. The SMILES string of the molecule is CCNCc1ccc(-c2c(Cl)cc(Cl)c(Cl)c2Cl)cc1F. The van der Waals surface area contributed by atoms with Crippen molar-refractivity contribution < 1.29 is 4.39 Å². The zero-order valence-electron chi connectivity index (χ0n) is 11.1. The van der Waals surface area contributed by atoms with Gasteiger partial charge in [-0.05, 0) is 24.2 Å². The predicted molar refractivity (Wildman–Crippen MR) is 89.3 cm³/mol. The minimum atomic E-state index is -0.327. The van der Waals surface area contributed by atoms with Gasteiger partial charge in [-0.15, -0.1) is 0 Å². The molecule has 1 N–H and O–H groups in total. The number of rotatable bonds is 4. The third-order valence-corrected chi connectivity index (χ3v) is 4.58. The van der Waals surface area contributed by atoms with Gasteiger partial charge >= 0.3 is 0 Å². The van der Waals surface area contributed by atoms with E-state index in [4.69, 9.17) is 46.4 Å². The number of nitrogens with one attached hydrogen (secondary N) is 1. The van der Waals surface area contributed by atoms with Crippen molar-refractivity contribution in [2.24, 2.45) is 0 Å². The van der Waals surface area contributed by atoms with Crippen molar-refractivity contribution in [1.29, 1.82) is 0 Å². The highest BCUT2D eigenvalue weighted by atomic mass is 35.5. The number of hydrogen-bond donors (Lipinski definition) is 1. The molecule has 0 fully saturated rings. The molecule has 0 aliphatic rings. The van der Waals surface area contributed by atoms with Gasteiger partial charge in [-0.3, -0.25) is 0 Å². The van der Waals surface area contributed by atoms with Gasteiger partial charge < -0.3 is 5.32 Å². The van der Waals surface area contributed by atoms with Crippen LogP contribution in [-0.2, 0) is 6.54 Å². The molecule has 0 aliphatic heterocycles. The van der Waals surface area contributed by atoms with Crippen molar-refractivity contribution >= 4 is 46.4 Å². The van der Waals surface area contributed by atoms with Crippen molar-refractivity contribution in [3.05, 3.63) is 55.7 Å². The van der Waals surface area contributed by atoms with E-state index in [0.717, 1.165) is 6.54 Å². The molecule has 0 bridgehead atoms. The van der Waals surface area contributed by atoms with Crippen LogP contribution in [0.5, 0.6) is 0 Å². The molecule has 6 heteroatoms. The fourth-order valence-electron chi connectivity index (χ4n) is 1.94. The van der Waals surface area contributed by atoms with Gasteiger partial charge in [0.25, 0.3) is 0 Å². The quantitative estimate of drug-likeness (QED) is 0.500. The third-order valence-electron chi connectivity index (χ3n) is 3.02. The molecule has 0 heterocycles. The van der Waals surface area contributed by atoms with E-state index < -0.39 is 0 Å². The first-order valence-electron chi connectivity index (χ1n) is 6.28. The van der Waals surface area contributed by atoms with E-state index in [1.54, 1.807) is 12.1 Å². The van der Waals surface area contributed by atoms with Crippen molar-refractivity contribution in [2.45, 2.75) is 13.5 Å². The molecule has 0 aliphatic carbocycles. The average molecular weight is 367 g/mol. The number of hydrogen-bond acceptors (Lipinski definition) is 1. The van der Waals surface area contributed by atoms with Crippen LogP contribution in [0.15, 0.2) is 24.3 Å². The Hall–Kier alpha value is -0.510. The first kappa shape index (κ1) is 16.9. The first-order valence-corrected chi connectivity index (χ1v) is 7.79. The lowest BCUT2D eigenvalue weighted by Gasteiger charge is -2.12. The second kappa shape index (κ2) is 7.17. The van der Waals surface area contributed by atoms with Gasteiger partial charge in [0.2, 0.25) is 0 Å². The molecule has 2 aromatic rings. The van der Waals surface area contributed by atoms with Crippen molar-refractivity contribution in [1.82, 2.24) is 5.32 Å². The maximum atomic E-state index is 14.1. The molecule has 0 atom stereocenters. The van der Waals surface area contributed by atoms with Crippen LogP contribution >= 0.6 is 46.4 Å². The Morgan fingerprint density at radius 3 is 2.33 bits per heavy atom. The Morgan fingerprint density at radius 1 is 1.00 bits per heavy atom. The Morgan fingerprint density at radius 2 is 1.71 bits per heavy atom. The van der Waals surface area contributed by atoms with E-state index in [1.165, 1.54) is 12.1 Å². The summed E-state index contributed by atoms with van der Waals surface area (Å²) in [5, 5.41) is 4.08. The molecule has 0 saturated heterocycles. The Bertz CT molecular complexity index is 673. The maximum Gasteiger partial charge on any atom is 0.128 e. The van der Waals surface area contributed by atoms with Crippen LogP contribution in [0.2, 0.25) is 20.1 Å². The summed E-state index contributed by atoms with van der Waals surface area (Å²) in [7, 11) is 0. The third kappa shape index (κ3) is 3.64. The second-order valence-corrected chi connectivity index (χ2v) is 6.00. The summed E-state index contributed by atoms with van der Waals surface area (Å²) in [5.74, 6) is -0.327. The summed E-state index contributed by atoms with van der Waals surface area (Å²) in [5.41, 5.74) is 1.61. The lowest BCUT2D eigenvalue weighted by Crippen LogP contribution is -2.12. The van der Waals surface area contributed by atoms with E-state index >= 15 is 0 Å². The normalized spacial score (nSPS) is 11.0. The largest absolute Gasteiger partial charge is 0.313 e. The van der Waals surface area contributed by atoms with Crippen molar-refractivity contribution in [3.8, 4) is 11.1 Å². The standard InChI is InChI=1S/C15H12Cl4FN/c1-2-21-7-9-4-3-8(5-12(9)20)13-10(16)6-11(17)14(18)15(13)19/h3-6,21H,2,7H2,1H3. The summed E-state index contributed by atoms with van der Waals surface area (Å²) in [6, 6.07) is 6.34. The van der Waals surface area contributed by atoms with Crippen LogP contribution in [0.4, 0.5) is 4.39 Å². The molecule has 0 aromatic heterocycles. The average Bonchev–Trinajstić information content (AvgIpc) is 2.44. The molecule has 2 aromatic carbocycles. The number of benzene rings is 2. The van der Waals surface area contributed by atoms with Gasteiger partial charge in [-0.1, -0.05) is 65.5 Å². The minimum Gasteiger partial charge on any atom is -0.313 e. The molecule has 0 spiro atoms. The highest BCUT2D eigenvalue weighted by Gasteiger charge is 2.16. The smallest absolute Gasteiger partial charge is 0.128 e. The molecule has 0 unspecified atom stereocenters. The zero-order valence-corrected chi connectivity index (χ0v) is 14.1. The maximum absolute atomic E-state index is 14.1. The summed E-state index contributed by atoms with van der Waals surface area (Å²) in [6.45, 7) is 3.19. The molecule has 0 radical (unpaired) electrons. The fourth-order valence-corrected chi connectivity index (χ4v) is 3.07. The van der Waals surface area contributed by atoms with Crippen molar-refractivity contribution in [2.75, 3.05) is 6.54 Å². The van der Waals surface area contributed by atoms with Crippen LogP contribution in [0.25, 0.3) is 11.1 Å². The fraction of sp³-hybridized carbons (Fsp3) is 0.200. The van der Waals surface area contributed by atoms with Crippen LogP contribution in [0.3, 0.4) is 0 Å². The molecule has 1 nitrogen and oxygen atoms in total. The topological polar surface area (TPSA) is 12.0 Å². The Kier molecular flexibility index (Phi) is 5.75. The van der Waals surface area contributed by atoms with Crippen LogP contribution in [0.1, 0.15) is 12.5 Å². The van der Waals surface area contributed by atoms with E-state index in [-0.39, 0.29) is 20.9 Å². The molecule has 0 saturated carbocycles.